The number of carbonyl (C=O) groups is 1. The van der Waals surface area contributed by atoms with Crippen LogP contribution in [0.4, 0.5) is 11.4 Å². The maximum Gasteiger partial charge on any atom is 0.307 e. The fourth-order valence-corrected chi connectivity index (χ4v) is 7.84. The molecule has 0 spiro atoms. The number of benzene rings is 2. The zero-order valence-corrected chi connectivity index (χ0v) is 21.6. The van der Waals surface area contributed by atoms with Gasteiger partial charge in [-0.3, -0.25) is 4.79 Å². The summed E-state index contributed by atoms with van der Waals surface area (Å²) in [4.78, 5) is 20.2. The summed E-state index contributed by atoms with van der Waals surface area (Å²) in [6.07, 6.45) is 1.86. The van der Waals surface area contributed by atoms with Crippen molar-refractivity contribution in [1.82, 2.24) is 0 Å². The molecule has 172 valence electrons. The molecule has 0 unspecified atom stereocenters. The van der Waals surface area contributed by atoms with Gasteiger partial charge in [-0.1, -0.05) is 25.2 Å². The van der Waals surface area contributed by atoms with Gasteiger partial charge >= 0.3 is 5.97 Å². The van der Waals surface area contributed by atoms with E-state index in [0.29, 0.717) is 6.54 Å². The third kappa shape index (κ3) is 3.91. The molecule has 0 radical (unpaired) electrons. The van der Waals surface area contributed by atoms with Crippen molar-refractivity contribution < 1.29 is 14.5 Å². The summed E-state index contributed by atoms with van der Waals surface area (Å²) < 4.78 is 1.95. The molecule has 2 aliphatic heterocycles. The number of carboxylic acid groups (broad SMARTS) is 1. The lowest BCUT2D eigenvalue weighted by Crippen LogP contribution is -2.58. The fraction of sp³-hybridized carbons (Fsp3) is 0.346. The van der Waals surface area contributed by atoms with Crippen LogP contribution in [0.25, 0.3) is 5.57 Å². The number of allylic oxidation sites excluding steroid dienone is 1. The quantitative estimate of drug-likeness (QED) is 0.550. The third-order valence-corrected chi connectivity index (χ3v) is 10.3. The second-order valence-corrected chi connectivity index (χ2v) is 14.1. The number of aliphatic carboxylic acids is 1. The van der Waals surface area contributed by atoms with Crippen molar-refractivity contribution in [2.45, 2.75) is 26.4 Å². The molecule has 0 amide bonds. The number of aliphatic imine (C=N–C) groups is 1. The van der Waals surface area contributed by atoms with Crippen molar-refractivity contribution in [2.75, 3.05) is 44.5 Å². The summed E-state index contributed by atoms with van der Waals surface area (Å²) in [5.74, 6) is -0.800. The van der Waals surface area contributed by atoms with Crippen molar-refractivity contribution in [3.63, 3.8) is 0 Å². The molecule has 4 rings (SSSR count). The minimum absolute atomic E-state index is 0.0808. The maximum absolute atomic E-state index is 11.1. The molecule has 0 fully saturated rings. The molecule has 0 saturated carbocycles. The first-order valence-electron chi connectivity index (χ1n) is 11.3. The molecule has 2 aliphatic rings. The first-order valence-corrected chi connectivity index (χ1v) is 14.3. The Morgan fingerprint density at radius 3 is 1.94 bits per heavy atom. The molecular formula is C26H33N4O2Si+. The van der Waals surface area contributed by atoms with Crippen LogP contribution in [-0.4, -0.2) is 70.5 Å². The smallest absolute Gasteiger partial charge is 0.307 e. The second kappa shape index (κ2) is 8.30. The molecule has 0 aromatic heterocycles. The standard InChI is InChI=1S/C26H32N4O2Si/c1-17-26(27-16-30(17)13-12-24(31)32)25-20-10-8-18(28(2)3)14-22(20)33(6,7)23-15-19(29(4)5)9-11-21(23)25/h8-11,14-16H,12-13H2,1-7H3/p+1. The van der Waals surface area contributed by atoms with Gasteiger partial charge in [-0.05, 0) is 50.8 Å². The summed E-state index contributed by atoms with van der Waals surface area (Å²) in [7, 11) is 6.33. The highest BCUT2D eigenvalue weighted by Gasteiger charge is 2.40. The lowest BCUT2D eigenvalue weighted by atomic mass is 9.93. The van der Waals surface area contributed by atoms with Gasteiger partial charge in [0.1, 0.15) is 14.6 Å². The van der Waals surface area contributed by atoms with Gasteiger partial charge < -0.3 is 14.9 Å². The number of fused-ring (bicyclic) bond motifs is 2. The van der Waals surface area contributed by atoms with Crippen LogP contribution in [0.15, 0.2) is 47.1 Å². The van der Waals surface area contributed by atoms with Crippen LogP contribution in [0.2, 0.25) is 13.1 Å². The van der Waals surface area contributed by atoms with Gasteiger partial charge in [-0.15, -0.1) is 0 Å². The SMILES string of the molecule is CC1=[N+](CCC(=O)O)C=NC1=C1c2ccc(N(C)C)cc2[Si](C)(C)c2cc(N(C)C)ccc21. The van der Waals surface area contributed by atoms with E-state index in [-0.39, 0.29) is 6.42 Å². The Hall–Kier alpha value is -3.19. The Labute approximate surface area is 197 Å². The van der Waals surface area contributed by atoms with Crippen molar-refractivity contribution in [3.05, 3.63) is 53.2 Å². The van der Waals surface area contributed by atoms with Crippen molar-refractivity contribution in [2.24, 2.45) is 4.99 Å². The van der Waals surface area contributed by atoms with E-state index >= 15 is 0 Å². The van der Waals surface area contributed by atoms with Crippen molar-refractivity contribution in [3.8, 4) is 0 Å². The topological polar surface area (TPSA) is 59.2 Å². The number of carboxylic acids is 1. The fourth-order valence-electron chi connectivity index (χ4n) is 4.77. The van der Waals surface area contributed by atoms with Crippen molar-refractivity contribution in [1.29, 1.82) is 0 Å². The highest BCUT2D eigenvalue weighted by molar-refractivity contribution is 7.02. The Morgan fingerprint density at radius 2 is 1.48 bits per heavy atom. The molecule has 2 aromatic rings. The van der Waals surface area contributed by atoms with Gasteiger partial charge in [0.05, 0.1) is 6.42 Å². The van der Waals surface area contributed by atoms with Crippen LogP contribution in [-0.2, 0) is 4.79 Å². The highest BCUT2D eigenvalue weighted by Crippen LogP contribution is 2.36. The molecule has 6 nitrogen and oxygen atoms in total. The van der Waals surface area contributed by atoms with Gasteiger partial charge in [0.2, 0.25) is 5.70 Å². The largest absolute Gasteiger partial charge is 0.481 e. The Kier molecular flexibility index (Phi) is 5.78. The number of anilines is 2. The van der Waals surface area contributed by atoms with E-state index in [4.69, 9.17) is 10.1 Å². The van der Waals surface area contributed by atoms with Crippen LogP contribution in [0.1, 0.15) is 24.5 Å². The summed E-state index contributed by atoms with van der Waals surface area (Å²) in [6, 6.07) is 13.5. The minimum atomic E-state index is -1.99. The lowest BCUT2D eigenvalue weighted by molar-refractivity contribution is -0.394. The first kappa shape index (κ1) is 23.0. The molecule has 2 heterocycles. The molecule has 1 N–H and O–H groups in total. The second-order valence-electron chi connectivity index (χ2n) is 9.76. The van der Waals surface area contributed by atoms with E-state index in [1.807, 2.05) is 11.5 Å². The minimum Gasteiger partial charge on any atom is -0.481 e. The summed E-state index contributed by atoms with van der Waals surface area (Å²) >= 11 is 0. The van der Waals surface area contributed by atoms with Gasteiger partial charge in [0, 0.05) is 52.1 Å². The zero-order valence-electron chi connectivity index (χ0n) is 20.6. The monoisotopic (exact) mass is 461 g/mol. The van der Waals surface area contributed by atoms with E-state index in [1.165, 1.54) is 32.9 Å². The maximum atomic E-state index is 11.1. The summed E-state index contributed by atoms with van der Waals surface area (Å²) in [6.45, 7) is 7.31. The third-order valence-electron chi connectivity index (χ3n) is 6.83. The van der Waals surface area contributed by atoms with Gasteiger partial charge in [-0.25, -0.2) is 4.58 Å². The van der Waals surface area contributed by atoms with E-state index < -0.39 is 14.0 Å². The molecule has 0 saturated heterocycles. The van der Waals surface area contributed by atoms with Crippen LogP contribution in [0.3, 0.4) is 0 Å². The molecular weight excluding hydrogens is 428 g/mol. The molecule has 0 atom stereocenters. The molecule has 0 aliphatic carbocycles. The summed E-state index contributed by atoms with van der Waals surface area (Å²) in [5, 5.41) is 12.0. The molecule has 2 aromatic carbocycles. The van der Waals surface area contributed by atoms with Crippen LogP contribution in [0, 0.1) is 0 Å². The Balaban J connectivity index is 2.01. The van der Waals surface area contributed by atoms with Crippen molar-refractivity contribution >= 4 is 53.4 Å². The average molecular weight is 462 g/mol. The van der Waals surface area contributed by atoms with Crippen LogP contribution < -0.4 is 20.2 Å². The van der Waals surface area contributed by atoms with Gasteiger partial charge in [0.25, 0.3) is 6.34 Å². The average Bonchev–Trinajstić information content (AvgIpc) is 3.12. The predicted molar refractivity (Wildman–Crippen MR) is 141 cm³/mol. The number of hydrogen-bond acceptors (Lipinski definition) is 4. The van der Waals surface area contributed by atoms with E-state index in [9.17, 15) is 4.79 Å². The molecule has 7 heteroatoms. The predicted octanol–water partition coefficient (Wildman–Crippen LogP) is 2.70. The van der Waals surface area contributed by atoms with E-state index in [2.05, 4.69) is 87.5 Å². The van der Waals surface area contributed by atoms with Crippen LogP contribution >= 0.6 is 0 Å². The zero-order chi connectivity index (χ0) is 24.1. The van der Waals surface area contributed by atoms with Gasteiger partial charge in [0.15, 0.2) is 5.71 Å². The van der Waals surface area contributed by atoms with Crippen LogP contribution in [0.5, 0.6) is 0 Å². The first-order chi connectivity index (χ1) is 15.5. The number of nitrogens with zero attached hydrogens (tertiary/aromatic N) is 4. The van der Waals surface area contributed by atoms with E-state index in [1.54, 1.807) is 6.34 Å². The molecule has 0 bridgehead atoms. The normalized spacial score (nSPS) is 16.1. The van der Waals surface area contributed by atoms with E-state index in [0.717, 1.165) is 17.0 Å². The number of hydrogen-bond donors (Lipinski definition) is 1. The molecule has 33 heavy (non-hydrogen) atoms. The summed E-state index contributed by atoms with van der Waals surface area (Å²) in [5.41, 5.74) is 7.96. The Bertz CT molecular complexity index is 1180. The Morgan fingerprint density at radius 1 is 0.970 bits per heavy atom. The number of rotatable bonds is 5. The highest BCUT2D eigenvalue weighted by atomic mass is 28.3. The lowest BCUT2D eigenvalue weighted by Gasteiger charge is -2.36. The van der Waals surface area contributed by atoms with Gasteiger partial charge in [-0.2, -0.15) is 0 Å².